The molecule has 1 aromatic rings. The van der Waals surface area contributed by atoms with Gasteiger partial charge in [0.2, 0.25) is 0 Å². The second-order valence-electron chi connectivity index (χ2n) is 3.84. The lowest BCUT2D eigenvalue weighted by atomic mass is 10.2. The summed E-state index contributed by atoms with van der Waals surface area (Å²) in [5, 5.41) is 0. The fourth-order valence-corrected chi connectivity index (χ4v) is 1.34. The van der Waals surface area contributed by atoms with Crippen molar-refractivity contribution >= 4 is 14.5 Å². The molecule has 0 aliphatic heterocycles. The first kappa shape index (κ1) is 9.20. The number of benzene rings is 1. The van der Waals surface area contributed by atoms with E-state index in [1.54, 1.807) is 0 Å². The van der Waals surface area contributed by atoms with E-state index in [-0.39, 0.29) is 0 Å². The van der Waals surface area contributed by atoms with Crippen molar-refractivity contribution in [2.24, 2.45) is 4.66 Å². The van der Waals surface area contributed by atoms with Crippen molar-refractivity contribution in [3.8, 4) is 0 Å². The third-order valence-electron chi connectivity index (χ3n) is 1.40. The van der Waals surface area contributed by atoms with Crippen LogP contribution in [0.1, 0.15) is 5.56 Å². The number of nitrogens with zero attached hydrogens (tertiary/aromatic N) is 1. The minimum atomic E-state index is -1.27. The Morgan fingerprint density at radius 2 is 1.67 bits per heavy atom. The van der Waals surface area contributed by atoms with E-state index in [2.05, 4.69) is 36.4 Å². The quantitative estimate of drug-likeness (QED) is 0.486. The van der Waals surface area contributed by atoms with Gasteiger partial charge in [-0.3, -0.25) is 0 Å². The lowest BCUT2D eigenvalue weighted by molar-refractivity contribution is 1.56. The molecule has 0 spiro atoms. The Bertz CT molecular complexity index is 259. The predicted molar refractivity (Wildman–Crippen MR) is 57.4 cm³/mol. The van der Waals surface area contributed by atoms with Crippen LogP contribution in [-0.2, 0) is 0 Å². The number of hydrogen-bond donors (Lipinski definition) is 0. The van der Waals surface area contributed by atoms with Gasteiger partial charge in [-0.2, -0.15) is 0 Å². The molecule has 0 bridgehead atoms. The summed E-state index contributed by atoms with van der Waals surface area (Å²) < 4.78 is 4.54. The molecule has 0 fully saturated rings. The molecule has 0 N–H and O–H groups in total. The van der Waals surface area contributed by atoms with Crippen molar-refractivity contribution in [2.75, 3.05) is 0 Å². The van der Waals surface area contributed by atoms with E-state index in [4.69, 9.17) is 0 Å². The highest BCUT2D eigenvalue weighted by Gasteiger charge is 2.08. The molecular weight excluding hydrogens is 162 g/mol. The zero-order valence-corrected chi connectivity index (χ0v) is 8.91. The Labute approximate surface area is 75.2 Å². The van der Waals surface area contributed by atoms with E-state index in [0.29, 0.717) is 0 Å². The molecule has 2 heteroatoms. The van der Waals surface area contributed by atoms with E-state index < -0.39 is 8.24 Å². The monoisotopic (exact) mass is 177 g/mol. The van der Waals surface area contributed by atoms with Crippen molar-refractivity contribution in [1.29, 1.82) is 0 Å². The van der Waals surface area contributed by atoms with Gasteiger partial charge >= 0.3 is 0 Å². The lowest BCUT2D eigenvalue weighted by Crippen LogP contribution is -2.16. The van der Waals surface area contributed by atoms with Gasteiger partial charge < -0.3 is 4.66 Å². The summed E-state index contributed by atoms with van der Waals surface area (Å²) in [4.78, 5) is 0. The SMILES string of the molecule is C[Si](C)(C)/N=C\c1ccccc1. The van der Waals surface area contributed by atoms with E-state index in [0.717, 1.165) is 0 Å². The Kier molecular flexibility index (Phi) is 2.81. The lowest BCUT2D eigenvalue weighted by Gasteiger charge is -2.06. The van der Waals surface area contributed by atoms with Crippen molar-refractivity contribution in [2.45, 2.75) is 19.6 Å². The van der Waals surface area contributed by atoms with Gasteiger partial charge in [0.25, 0.3) is 0 Å². The Morgan fingerprint density at radius 1 is 1.08 bits per heavy atom. The van der Waals surface area contributed by atoms with Gasteiger partial charge in [0.05, 0.1) is 0 Å². The first-order valence-corrected chi connectivity index (χ1v) is 7.63. The molecule has 0 radical (unpaired) electrons. The third-order valence-corrected chi connectivity index (χ3v) is 2.30. The van der Waals surface area contributed by atoms with E-state index >= 15 is 0 Å². The van der Waals surface area contributed by atoms with Crippen LogP contribution < -0.4 is 0 Å². The number of rotatable bonds is 2. The normalized spacial score (nSPS) is 12.2. The highest BCUT2D eigenvalue weighted by Crippen LogP contribution is 2.02. The molecule has 12 heavy (non-hydrogen) atoms. The van der Waals surface area contributed by atoms with Crippen LogP contribution in [0.5, 0.6) is 0 Å². The van der Waals surface area contributed by atoms with Crippen LogP contribution in [-0.4, -0.2) is 14.5 Å². The van der Waals surface area contributed by atoms with Crippen LogP contribution in [0.25, 0.3) is 0 Å². The van der Waals surface area contributed by atoms with Gasteiger partial charge in [0.15, 0.2) is 8.24 Å². The molecule has 0 saturated carbocycles. The summed E-state index contributed by atoms with van der Waals surface area (Å²) in [5.41, 5.74) is 1.19. The second-order valence-corrected chi connectivity index (χ2v) is 8.44. The first-order valence-electron chi connectivity index (χ1n) is 4.18. The van der Waals surface area contributed by atoms with Gasteiger partial charge in [0, 0.05) is 6.21 Å². The maximum Gasteiger partial charge on any atom is 0.172 e. The van der Waals surface area contributed by atoms with Gasteiger partial charge in [-0.15, -0.1) is 0 Å². The fourth-order valence-electron chi connectivity index (χ4n) is 0.807. The third kappa shape index (κ3) is 3.48. The molecule has 0 aliphatic carbocycles. The molecule has 0 aromatic heterocycles. The van der Waals surface area contributed by atoms with E-state index in [9.17, 15) is 0 Å². The van der Waals surface area contributed by atoms with Crippen LogP contribution in [0, 0.1) is 0 Å². The molecule has 0 atom stereocenters. The standard InChI is InChI=1S/C10H15NSi/c1-12(2,3)11-9-10-7-5-4-6-8-10/h4-9H,1-3H3/b11-9-. The summed E-state index contributed by atoms with van der Waals surface area (Å²) in [6.45, 7) is 6.69. The molecule has 64 valence electrons. The largest absolute Gasteiger partial charge is 0.329 e. The molecule has 0 saturated heterocycles. The molecule has 1 aromatic carbocycles. The van der Waals surface area contributed by atoms with Gasteiger partial charge in [0.1, 0.15) is 0 Å². The van der Waals surface area contributed by atoms with Crippen molar-refractivity contribution in [3.63, 3.8) is 0 Å². The summed E-state index contributed by atoms with van der Waals surface area (Å²) in [6, 6.07) is 10.2. The van der Waals surface area contributed by atoms with Gasteiger partial charge in [-0.1, -0.05) is 30.3 Å². The van der Waals surface area contributed by atoms with Crippen LogP contribution >= 0.6 is 0 Å². The first-order chi connectivity index (χ1) is 5.58. The van der Waals surface area contributed by atoms with Gasteiger partial charge in [-0.05, 0) is 25.2 Å². The van der Waals surface area contributed by atoms with Crippen LogP contribution in [0.4, 0.5) is 0 Å². The van der Waals surface area contributed by atoms with E-state index in [1.807, 2.05) is 24.4 Å². The number of hydrogen-bond acceptors (Lipinski definition) is 1. The maximum absolute atomic E-state index is 4.54. The van der Waals surface area contributed by atoms with Crippen molar-refractivity contribution in [1.82, 2.24) is 0 Å². The van der Waals surface area contributed by atoms with Gasteiger partial charge in [-0.25, -0.2) is 0 Å². The molecule has 1 rings (SSSR count). The summed E-state index contributed by atoms with van der Waals surface area (Å²) in [6.07, 6.45) is 1.98. The minimum absolute atomic E-state index is 1.19. The molecular formula is C10H15NSi. The minimum Gasteiger partial charge on any atom is -0.329 e. The highest BCUT2D eigenvalue weighted by atomic mass is 28.3. The zero-order valence-electron chi connectivity index (χ0n) is 7.91. The summed E-state index contributed by atoms with van der Waals surface area (Å²) in [7, 11) is -1.27. The Hall–Kier alpha value is -0.893. The van der Waals surface area contributed by atoms with E-state index in [1.165, 1.54) is 5.56 Å². The molecule has 0 aliphatic rings. The fraction of sp³-hybridized carbons (Fsp3) is 0.300. The van der Waals surface area contributed by atoms with Crippen LogP contribution in [0.15, 0.2) is 35.0 Å². The molecule has 0 unspecified atom stereocenters. The van der Waals surface area contributed by atoms with Crippen molar-refractivity contribution < 1.29 is 0 Å². The molecule has 0 amide bonds. The summed E-state index contributed by atoms with van der Waals surface area (Å²) >= 11 is 0. The highest BCUT2D eigenvalue weighted by molar-refractivity contribution is 6.75. The second kappa shape index (κ2) is 3.67. The Morgan fingerprint density at radius 3 is 2.17 bits per heavy atom. The smallest absolute Gasteiger partial charge is 0.172 e. The molecule has 0 heterocycles. The molecule has 1 nitrogen and oxygen atoms in total. The zero-order chi connectivity index (χ0) is 9.03. The van der Waals surface area contributed by atoms with Crippen molar-refractivity contribution in [3.05, 3.63) is 35.9 Å². The van der Waals surface area contributed by atoms with Crippen LogP contribution in [0.3, 0.4) is 0 Å². The Balaban J connectivity index is 2.71. The predicted octanol–water partition coefficient (Wildman–Crippen LogP) is 2.94. The topological polar surface area (TPSA) is 12.4 Å². The average Bonchev–Trinajstić information content (AvgIpc) is 2.02. The average molecular weight is 177 g/mol. The van der Waals surface area contributed by atoms with Crippen LogP contribution in [0.2, 0.25) is 19.6 Å². The maximum atomic E-state index is 4.54. The summed E-state index contributed by atoms with van der Waals surface area (Å²) in [5.74, 6) is 0.